The van der Waals surface area contributed by atoms with Crippen LogP contribution < -0.4 is 0 Å². The van der Waals surface area contributed by atoms with Gasteiger partial charge < -0.3 is 13.6 Å². The predicted molar refractivity (Wildman–Crippen MR) is 127 cm³/mol. The van der Waals surface area contributed by atoms with Gasteiger partial charge in [0.1, 0.15) is 5.76 Å². The average Bonchev–Trinajstić information content (AvgIpc) is 3.48. The highest BCUT2D eigenvalue weighted by Gasteiger charge is 2.20. The molecule has 32 heavy (non-hydrogen) atoms. The number of aromatic nitrogens is 4. The molecule has 4 aromatic rings. The lowest BCUT2D eigenvalue weighted by atomic mass is 10.1. The Morgan fingerprint density at radius 2 is 1.84 bits per heavy atom. The van der Waals surface area contributed by atoms with Gasteiger partial charge in [0.05, 0.1) is 17.6 Å². The summed E-state index contributed by atoms with van der Waals surface area (Å²) in [5.74, 6) is 2.02. The predicted octanol–water partition coefficient (Wildman–Crippen LogP) is 5.50. The number of Topliss-reactive ketones (excluding diaryl/α,β-unsaturated/α-hetero) is 1. The standard InChI is InChI=1S/C25H28N4O2S/c1-5-28-24(21-12-14-31-19(21)4)26-27-25(28)32-16-23(30)22-15-17(2)29(18(22)3)13-11-20-9-7-6-8-10-20/h6-10,12,14-15H,5,11,13,16H2,1-4H3. The summed E-state index contributed by atoms with van der Waals surface area (Å²) in [4.78, 5) is 13.1. The molecule has 0 aliphatic rings. The zero-order chi connectivity index (χ0) is 22.7. The summed E-state index contributed by atoms with van der Waals surface area (Å²) in [6.45, 7) is 9.64. The number of benzene rings is 1. The third kappa shape index (κ3) is 4.43. The number of carbonyl (C=O) groups excluding carboxylic acids is 1. The van der Waals surface area contributed by atoms with E-state index in [1.54, 1.807) is 6.26 Å². The van der Waals surface area contributed by atoms with Crippen molar-refractivity contribution >= 4 is 17.5 Å². The number of carbonyl (C=O) groups is 1. The van der Waals surface area contributed by atoms with E-state index in [1.165, 1.54) is 17.3 Å². The van der Waals surface area contributed by atoms with Crippen molar-refractivity contribution in [3.05, 3.63) is 77.0 Å². The Labute approximate surface area is 192 Å². The Morgan fingerprint density at radius 3 is 2.53 bits per heavy atom. The quantitative estimate of drug-likeness (QED) is 0.250. The van der Waals surface area contributed by atoms with E-state index < -0.39 is 0 Å². The molecule has 0 atom stereocenters. The number of thioether (sulfide) groups is 1. The molecule has 0 saturated carbocycles. The van der Waals surface area contributed by atoms with Crippen molar-refractivity contribution in [1.29, 1.82) is 0 Å². The van der Waals surface area contributed by atoms with E-state index >= 15 is 0 Å². The summed E-state index contributed by atoms with van der Waals surface area (Å²) in [5, 5.41) is 9.43. The molecule has 0 saturated heterocycles. The molecule has 3 aromatic heterocycles. The molecule has 7 heteroatoms. The molecule has 0 aliphatic heterocycles. The second-order valence-corrected chi connectivity index (χ2v) is 8.77. The summed E-state index contributed by atoms with van der Waals surface area (Å²) >= 11 is 1.43. The summed E-state index contributed by atoms with van der Waals surface area (Å²) < 4.78 is 9.68. The second kappa shape index (κ2) is 9.61. The fraction of sp³-hybridized carbons (Fsp3) is 0.320. The van der Waals surface area contributed by atoms with Crippen molar-refractivity contribution in [3.8, 4) is 11.4 Å². The lowest BCUT2D eigenvalue weighted by Gasteiger charge is -2.10. The van der Waals surface area contributed by atoms with Crippen molar-refractivity contribution < 1.29 is 9.21 Å². The average molecular weight is 449 g/mol. The van der Waals surface area contributed by atoms with Crippen molar-refractivity contribution in [2.24, 2.45) is 0 Å². The van der Waals surface area contributed by atoms with Crippen LogP contribution in [0, 0.1) is 20.8 Å². The van der Waals surface area contributed by atoms with Crippen LogP contribution >= 0.6 is 11.8 Å². The van der Waals surface area contributed by atoms with Gasteiger partial charge >= 0.3 is 0 Å². The highest BCUT2D eigenvalue weighted by molar-refractivity contribution is 7.99. The molecule has 4 rings (SSSR count). The highest BCUT2D eigenvalue weighted by atomic mass is 32.2. The number of rotatable bonds is 9. The number of ketones is 1. The molecule has 6 nitrogen and oxygen atoms in total. The van der Waals surface area contributed by atoms with Crippen molar-refractivity contribution in [3.63, 3.8) is 0 Å². The molecule has 0 radical (unpaired) electrons. The van der Waals surface area contributed by atoms with Crippen molar-refractivity contribution in [1.82, 2.24) is 19.3 Å². The van der Waals surface area contributed by atoms with Gasteiger partial charge in [0, 0.05) is 30.0 Å². The van der Waals surface area contributed by atoms with Gasteiger partial charge in [-0.1, -0.05) is 42.1 Å². The summed E-state index contributed by atoms with van der Waals surface area (Å²) in [6.07, 6.45) is 2.60. The van der Waals surface area contributed by atoms with Gasteiger partial charge in [-0.05, 0) is 51.8 Å². The lowest BCUT2D eigenvalue weighted by Crippen LogP contribution is -2.09. The third-order valence-electron chi connectivity index (χ3n) is 5.81. The number of nitrogens with zero attached hydrogens (tertiary/aromatic N) is 4. The Balaban J connectivity index is 1.46. The summed E-state index contributed by atoms with van der Waals surface area (Å²) in [6, 6.07) is 14.3. The number of furan rings is 1. The van der Waals surface area contributed by atoms with Gasteiger partial charge in [-0.25, -0.2) is 0 Å². The third-order valence-corrected chi connectivity index (χ3v) is 6.77. The fourth-order valence-corrected chi connectivity index (χ4v) is 4.90. The SMILES string of the molecule is CCn1c(SCC(=O)c2cc(C)n(CCc3ccccc3)c2C)nnc1-c1ccoc1C. The Morgan fingerprint density at radius 1 is 1.06 bits per heavy atom. The second-order valence-electron chi connectivity index (χ2n) is 7.82. The molecule has 0 spiro atoms. The molecule has 166 valence electrons. The van der Waals surface area contributed by atoms with Gasteiger partial charge in [-0.3, -0.25) is 4.79 Å². The van der Waals surface area contributed by atoms with E-state index in [1.807, 2.05) is 36.6 Å². The van der Waals surface area contributed by atoms with Crippen molar-refractivity contribution in [2.75, 3.05) is 5.75 Å². The molecule has 0 fully saturated rings. The smallest absolute Gasteiger partial charge is 0.191 e. The lowest BCUT2D eigenvalue weighted by molar-refractivity contribution is 0.102. The zero-order valence-electron chi connectivity index (χ0n) is 19.0. The Hall–Kier alpha value is -3.06. The molecule has 0 aliphatic carbocycles. The maximum Gasteiger partial charge on any atom is 0.191 e. The van der Waals surface area contributed by atoms with Crippen LogP contribution in [0.2, 0.25) is 0 Å². The first kappa shape index (κ1) is 22.1. The molecule has 0 amide bonds. The molecular formula is C25H28N4O2S. The van der Waals surface area contributed by atoms with E-state index in [4.69, 9.17) is 4.42 Å². The van der Waals surface area contributed by atoms with E-state index in [9.17, 15) is 4.79 Å². The normalized spacial score (nSPS) is 11.2. The zero-order valence-corrected chi connectivity index (χ0v) is 19.8. The van der Waals surface area contributed by atoms with E-state index in [2.05, 4.69) is 52.9 Å². The molecule has 1 aromatic carbocycles. The van der Waals surface area contributed by atoms with E-state index in [0.29, 0.717) is 5.75 Å². The van der Waals surface area contributed by atoms with Crippen LogP contribution in [0.3, 0.4) is 0 Å². The van der Waals surface area contributed by atoms with E-state index in [-0.39, 0.29) is 5.78 Å². The minimum atomic E-state index is 0.112. The van der Waals surface area contributed by atoms with Gasteiger partial charge in [-0.15, -0.1) is 10.2 Å². The summed E-state index contributed by atoms with van der Waals surface area (Å²) in [5.41, 5.74) is 5.15. The van der Waals surface area contributed by atoms with Gasteiger partial charge in [0.15, 0.2) is 16.8 Å². The van der Waals surface area contributed by atoms with Gasteiger partial charge in [0.25, 0.3) is 0 Å². The van der Waals surface area contributed by atoms with Crippen LogP contribution in [-0.4, -0.2) is 30.9 Å². The highest BCUT2D eigenvalue weighted by Crippen LogP contribution is 2.28. The van der Waals surface area contributed by atoms with Crippen LogP contribution in [-0.2, 0) is 19.5 Å². The first-order chi connectivity index (χ1) is 15.5. The summed E-state index contributed by atoms with van der Waals surface area (Å²) in [7, 11) is 0. The molecule has 0 bridgehead atoms. The Kier molecular flexibility index (Phi) is 6.65. The largest absolute Gasteiger partial charge is 0.469 e. The van der Waals surface area contributed by atoms with Gasteiger partial charge in [0.2, 0.25) is 0 Å². The molecule has 0 unspecified atom stereocenters. The number of hydrogen-bond donors (Lipinski definition) is 0. The van der Waals surface area contributed by atoms with Crippen LogP contribution in [0.1, 0.15) is 40.0 Å². The topological polar surface area (TPSA) is 65.8 Å². The van der Waals surface area contributed by atoms with E-state index in [0.717, 1.165) is 58.8 Å². The monoisotopic (exact) mass is 448 g/mol. The molecule has 0 N–H and O–H groups in total. The minimum absolute atomic E-state index is 0.112. The van der Waals surface area contributed by atoms with Crippen LogP contribution in [0.5, 0.6) is 0 Å². The van der Waals surface area contributed by atoms with Crippen LogP contribution in [0.15, 0.2) is 58.3 Å². The number of hydrogen-bond acceptors (Lipinski definition) is 5. The molecule has 3 heterocycles. The van der Waals surface area contributed by atoms with Crippen LogP contribution in [0.4, 0.5) is 0 Å². The maximum absolute atomic E-state index is 13.1. The minimum Gasteiger partial charge on any atom is -0.469 e. The fourth-order valence-electron chi connectivity index (χ4n) is 4.02. The van der Waals surface area contributed by atoms with Crippen molar-refractivity contribution in [2.45, 2.75) is 52.4 Å². The first-order valence-electron chi connectivity index (χ1n) is 10.8. The Bertz CT molecular complexity index is 1220. The first-order valence-corrected chi connectivity index (χ1v) is 11.8. The van der Waals surface area contributed by atoms with Gasteiger partial charge in [-0.2, -0.15) is 0 Å². The molecular weight excluding hydrogens is 420 g/mol. The number of aryl methyl sites for hydroxylation is 3. The maximum atomic E-state index is 13.1. The van der Waals surface area contributed by atoms with Crippen LogP contribution in [0.25, 0.3) is 11.4 Å².